The topological polar surface area (TPSA) is 85.2 Å². The Morgan fingerprint density at radius 1 is 1.29 bits per heavy atom. The summed E-state index contributed by atoms with van der Waals surface area (Å²) >= 11 is 0. The molecule has 1 heterocycles. The van der Waals surface area contributed by atoms with Crippen LogP contribution in [0.2, 0.25) is 0 Å². The maximum Gasteiger partial charge on any atom is 0.229 e. The fraction of sp³-hybridized carbons (Fsp3) is 0.818. The SMILES string of the molecule is Cl.NC[C@H]1C[C@H](c2nc(C3CC3)no2)C[C@H]1O. The Morgan fingerprint density at radius 3 is 2.65 bits per heavy atom. The average Bonchev–Trinajstić information content (AvgIpc) is 2.89. The van der Waals surface area contributed by atoms with E-state index < -0.39 is 0 Å². The summed E-state index contributed by atoms with van der Waals surface area (Å²) in [7, 11) is 0. The number of aliphatic hydroxyl groups excluding tert-OH is 1. The van der Waals surface area contributed by atoms with Crippen molar-refractivity contribution >= 4 is 12.4 Å². The van der Waals surface area contributed by atoms with Gasteiger partial charge < -0.3 is 15.4 Å². The molecule has 3 atom stereocenters. The second-order valence-corrected chi connectivity index (χ2v) is 5.00. The molecule has 5 nitrogen and oxygen atoms in total. The van der Waals surface area contributed by atoms with E-state index in [-0.39, 0.29) is 30.3 Å². The van der Waals surface area contributed by atoms with Gasteiger partial charge in [0.15, 0.2) is 5.82 Å². The summed E-state index contributed by atoms with van der Waals surface area (Å²) in [5, 5.41) is 13.8. The van der Waals surface area contributed by atoms with Gasteiger partial charge in [0.05, 0.1) is 6.10 Å². The second-order valence-electron chi connectivity index (χ2n) is 5.00. The van der Waals surface area contributed by atoms with Gasteiger partial charge in [-0.25, -0.2) is 0 Å². The highest BCUT2D eigenvalue weighted by Crippen LogP contribution is 2.41. The van der Waals surface area contributed by atoms with Crippen molar-refractivity contribution in [2.75, 3.05) is 6.54 Å². The van der Waals surface area contributed by atoms with Crippen LogP contribution < -0.4 is 5.73 Å². The maximum atomic E-state index is 9.78. The van der Waals surface area contributed by atoms with Crippen molar-refractivity contribution in [3.05, 3.63) is 11.7 Å². The van der Waals surface area contributed by atoms with Crippen LogP contribution in [0.5, 0.6) is 0 Å². The number of nitrogens with zero attached hydrogens (tertiary/aromatic N) is 2. The number of hydrogen-bond donors (Lipinski definition) is 2. The Morgan fingerprint density at radius 2 is 2.06 bits per heavy atom. The molecular weight excluding hydrogens is 242 g/mol. The van der Waals surface area contributed by atoms with Crippen molar-refractivity contribution in [2.45, 2.75) is 43.6 Å². The molecule has 0 unspecified atom stereocenters. The van der Waals surface area contributed by atoms with E-state index in [0.717, 1.165) is 12.2 Å². The molecule has 0 amide bonds. The molecule has 17 heavy (non-hydrogen) atoms. The lowest BCUT2D eigenvalue weighted by atomic mass is 10.0. The normalized spacial score (nSPS) is 32.5. The summed E-state index contributed by atoms with van der Waals surface area (Å²) in [5.41, 5.74) is 5.60. The molecule has 2 aliphatic carbocycles. The highest BCUT2D eigenvalue weighted by molar-refractivity contribution is 5.85. The minimum Gasteiger partial charge on any atom is -0.393 e. The first-order chi connectivity index (χ1) is 7.78. The van der Waals surface area contributed by atoms with Crippen LogP contribution in [-0.4, -0.2) is 27.9 Å². The van der Waals surface area contributed by atoms with E-state index in [1.807, 2.05) is 0 Å². The summed E-state index contributed by atoms with van der Waals surface area (Å²) in [6, 6.07) is 0. The fourth-order valence-corrected chi connectivity index (χ4v) is 2.48. The van der Waals surface area contributed by atoms with Crippen molar-refractivity contribution in [2.24, 2.45) is 11.7 Å². The summed E-state index contributed by atoms with van der Waals surface area (Å²) in [5.74, 6) is 2.44. The minimum atomic E-state index is -0.314. The van der Waals surface area contributed by atoms with Crippen molar-refractivity contribution in [1.82, 2.24) is 10.1 Å². The lowest BCUT2D eigenvalue weighted by molar-refractivity contribution is 0.135. The smallest absolute Gasteiger partial charge is 0.229 e. The highest BCUT2D eigenvalue weighted by atomic mass is 35.5. The Bertz CT molecular complexity index is 381. The van der Waals surface area contributed by atoms with Gasteiger partial charge in [0.1, 0.15) is 0 Å². The van der Waals surface area contributed by atoms with Crippen molar-refractivity contribution in [3.8, 4) is 0 Å². The van der Waals surface area contributed by atoms with Crippen molar-refractivity contribution < 1.29 is 9.63 Å². The zero-order valence-corrected chi connectivity index (χ0v) is 10.4. The molecule has 2 fully saturated rings. The quantitative estimate of drug-likeness (QED) is 0.852. The van der Waals surface area contributed by atoms with Crippen LogP contribution in [0.3, 0.4) is 0 Å². The maximum absolute atomic E-state index is 9.78. The standard InChI is InChI=1S/C11H17N3O2.ClH/c12-5-8-3-7(4-9(8)15)11-13-10(14-16-11)6-1-2-6;/h6-9,15H,1-5,12H2;1H/t7-,8+,9+;/m0./s1. The van der Waals surface area contributed by atoms with Crippen LogP contribution in [0.25, 0.3) is 0 Å². The molecule has 0 saturated heterocycles. The van der Waals surface area contributed by atoms with Gasteiger partial charge in [-0.1, -0.05) is 5.16 Å². The molecule has 6 heteroatoms. The summed E-state index contributed by atoms with van der Waals surface area (Å²) < 4.78 is 5.28. The highest BCUT2D eigenvalue weighted by Gasteiger charge is 2.37. The Hall–Kier alpha value is -0.650. The van der Waals surface area contributed by atoms with E-state index in [1.165, 1.54) is 12.8 Å². The molecule has 2 saturated carbocycles. The lowest BCUT2D eigenvalue weighted by Gasteiger charge is -2.09. The number of halogens is 1. The van der Waals surface area contributed by atoms with Gasteiger partial charge in [-0.15, -0.1) is 12.4 Å². The zero-order valence-electron chi connectivity index (χ0n) is 9.58. The van der Waals surface area contributed by atoms with Gasteiger partial charge in [0, 0.05) is 11.8 Å². The summed E-state index contributed by atoms with van der Waals surface area (Å²) in [4.78, 5) is 4.43. The van der Waals surface area contributed by atoms with Crippen LogP contribution >= 0.6 is 12.4 Å². The van der Waals surface area contributed by atoms with Crippen LogP contribution in [-0.2, 0) is 0 Å². The summed E-state index contributed by atoms with van der Waals surface area (Å²) in [6.07, 6.45) is 3.61. The van der Waals surface area contributed by atoms with Crippen LogP contribution in [0, 0.1) is 5.92 Å². The molecule has 0 bridgehead atoms. The Kier molecular flexibility index (Phi) is 3.70. The second kappa shape index (κ2) is 4.92. The predicted octanol–water partition coefficient (Wildman–Crippen LogP) is 1.18. The third-order valence-corrected chi connectivity index (χ3v) is 3.71. The fourth-order valence-electron chi connectivity index (χ4n) is 2.48. The zero-order chi connectivity index (χ0) is 11.1. The third kappa shape index (κ3) is 2.46. The molecule has 0 radical (unpaired) electrons. The van der Waals surface area contributed by atoms with E-state index in [0.29, 0.717) is 24.8 Å². The largest absolute Gasteiger partial charge is 0.393 e. The van der Waals surface area contributed by atoms with E-state index in [1.54, 1.807) is 0 Å². The lowest BCUT2D eigenvalue weighted by Crippen LogP contribution is -2.21. The van der Waals surface area contributed by atoms with Crippen molar-refractivity contribution in [1.29, 1.82) is 0 Å². The third-order valence-electron chi connectivity index (χ3n) is 3.71. The number of nitrogens with two attached hydrogens (primary N) is 1. The first-order valence-electron chi connectivity index (χ1n) is 5.99. The van der Waals surface area contributed by atoms with E-state index in [2.05, 4.69) is 10.1 Å². The predicted molar refractivity (Wildman–Crippen MR) is 64.0 cm³/mol. The summed E-state index contributed by atoms with van der Waals surface area (Å²) in [6.45, 7) is 0.529. The molecule has 0 aromatic carbocycles. The molecule has 0 aliphatic heterocycles. The van der Waals surface area contributed by atoms with Crippen LogP contribution in [0.4, 0.5) is 0 Å². The molecule has 2 aliphatic rings. The van der Waals surface area contributed by atoms with Gasteiger partial charge in [0.25, 0.3) is 0 Å². The molecule has 96 valence electrons. The van der Waals surface area contributed by atoms with Gasteiger partial charge in [-0.2, -0.15) is 4.98 Å². The monoisotopic (exact) mass is 259 g/mol. The molecule has 3 rings (SSSR count). The Labute approximate surface area is 106 Å². The molecule has 0 spiro atoms. The van der Waals surface area contributed by atoms with Gasteiger partial charge in [-0.3, -0.25) is 0 Å². The van der Waals surface area contributed by atoms with Gasteiger partial charge in [0.2, 0.25) is 5.89 Å². The molecule has 3 N–H and O–H groups in total. The molecule has 1 aromatic rings. The number of hydrogen-bond acceptors (Lipinski definition) is 5. The van der Waals surface area contributed by atoms with Crippen molar-refractivity contribution in [3.63, 3.8) is 0 Å². The first-order valence-corrected chi connectivity index (χ1v) is 5.99. The molecular formula is C11H18ClN3O2. The van der Waals surface area contributed by atoms with Gasteiger partial charge in [-0.05, 0) is 38.1 Å². The van der Waals surface area contributed by atoms with Crippen LogP contribution in [0.1, 0.15) is 49.2 Å². The van der Waals surface area contributed by atoms with Gasteiger partial charge >= 0.3 is 0 Å². The average molecular weight is 260 g/mol. The first kappa shape index (κ1) is 12.8. The minimum absolute atomic E-state index is 0. The number of rotatable bonds is 3. The van der Waals surface area contributed by atoms with E-state index >= 15 is 0 Å². The van der Waals surface area contributed by atoms with E-state index in [4.69, 9.17) is 10.3 Å². The Balaban J connectivity index is 0.00000108. The number of aliphatic hydroxyl groups is 1. The number of aromatic nitrogens is 2. The van der Waals surface area contributed by atoms with E-state index in [9.17, 15) is 5.11 Å². The molecule has 1 aromatic heterocycles. The van der Waals surface area contributed by atoms with Crippen LogP contribution in [0.15, 0.2) is 4.52 Å².